The van der Waals surface area contributed by atoms with E-state index in [0.717, 1.165) is 6.39 Å². The van der Waals surface area contributed by atoms with Gasteiger partial charge >= 0.3 is 5.97 Å². The molecular weight excluding hydrogens is 260 g/mol. The average Bonchev–Trinajstić information content (AvgIpc) is 2.90. The first-order valence-corrected chi connectivity index (χ1v) is 5.12. The monoisotopic (exact) mass is 266 g/mol. The minimum Gasteiger partial charge on any atom is -0.378 e. The number of oxime groups is 1. The summed E-state index contributed by atoms with van der Waals surface area (Å²) in [5, 5.41) is 7.07. The van der Waals surface area contributed by atoms with Crippen LogP contribution in [0.3, 0.4) is 0 Å². The molecule has 1 aromatic heterocycles. The fraction of sp³-hybridized carbons (Fsp3) is 0. The van der Waals surface area contributed by atoms with Gasteiger partial charge in [0.15, 0.2) is 0 Å². The molecule has 2 N–H and O–H groups in total. The first-order chi connectivity index (χ1) is 8.68. The van der Waals surface area contributed by atoms with Crippen molar-refractivity contribution < 1.29 is 14.2 Å². The van der Waals surface area contributed by atoms with Crippen LogP contribution in [-0.2, 0) is 4.84 Å². The third kappa shape index (κ3) is 2.64. The summed E-state index contributed by atoms with van der Waals surface area (Å²) in [4.78, 5) is 19.9. The molecule has 2 rings (SSSR count). The van der Waals surface area contributed by atoms with Crippen LogP contribution in [0.4, 0.5) is 0 Å². The maximum absolute atomic E-state index is 11.6. The van der Waals surface area contributed by atoms with Crippen LogP contribution in [0.25, 0.3) is 0 Å². The Morgan fingerprint density at radius 3 is 2.89 bits per heavy atom. The summed E-state index contributed by atoms with van der Waals surface area (Å²) in [6.45, 7) is 0. The number of nitrogens with zero attached hydrogens (tertiary/aromatic N) is 3. The Bertz CT molecular complexity index is 583. The molecule has 0 fully saturated rings. The topological polar surface area (TPSA) is 104 Å². The maximum Gasteiger partial charge on any atom is 0.367 e. The standard InChI is InChI=1S/C10H7ClN4O3/c11-7-4-2-1-3-6(7)10(16)18-14-8(12)9-13-5-17-15-9/h1-5H,(H2,12,14). The molecule has 0 unspecified atom stereocenters. The Kier molecular flexibility index (Phi) is 3.54. The second kappa shape index (κ2) is 5.28. The molecule has 0 bridgehead atoms. The molecule has 0 saturated carbocycles. The molecule has 0 atom stereocenters. The highest BCUT2D eigenvalue weighted by Gasteiger charge is 2.12. The van der Waals surface area contributed by atoms with Gasteiger partial charge in [0.05, 0.1) is 10.6 Å². The summed E-state index contributed by atoms with van der Waals surface area (Å²) in [6, 6.07) is 6.40. The number of carbonyl (C=O) groups excluding carboxylic acids is 1. The van der Waals surface area contributed by atoms with Crippen LogP contribution < -0.4 is 5.73 Å². The van der Waals surface area contributed by atoms with Crippen molar-refractivity contribution in [3.05, 3.63) is 47.1 Å². The SMILES string of the molecule is N/C(=N/OC(=O)c1ccccc1Cl)c1ncon1. The lowest BCUT2D eigenvalue weighted by atomic mass is 10.2. The number of halogens is 1. The molecule has 0 aliphatic heterocycles. The zero-order chi connectivity index (χ0) is 13.0. The molecule has 8 heteroatoms. The fourth-order valence-electron chi connectivity index (χ4n) is 1.09. The Morgan fingerprint density at radius 1 is 1.44 bits per heavy atom. The number of nitrogens with two attached hydrogens (primary N) is 1. The second-order valence-electron chi connectivity index (χ2n) is 3.09. The molecule has 7 nitrogen and oxygen atoms in total. The number of hydrogen-bond acceptors (Lipinski definition) is 6. The van der Waals surface area contributed by atoms with Crippen LogP contribution >= 0.6 is 11.6 Å². The van der Waals surface area contributed by atoms with Crippen molar-refractivity contribution in [2.75, 3.05) is 0 Å². The summed E-state index contributed by atoms with van der Waals surface area (Å²) >= 11 is 5.81. The Labute approximate surface area is 106 Å². The number of hydrogen-bond donors (Lipinski definition) is 1. The number of benzene rings is 1. The molecule has 0 spiro atoms. The van der Waals surface area contributed by atoms with Crippen molar-refractivity contribution in [2.45, 2.75) is 0 Å². The van der Waals surface area contributed by atoms with E-state index in [4.69, 9.17) is 17.3 Å². The molecule has 18 heavy (non-hydrogen) atoms. The van der Waals surface area contributed by atoms with E-state index in [0.29, 0.717) is 0 Å². The summed E-state index contributed by atoms with van der Waals surface area (Å²) in [5.41, 5.74) is 5.64. The van der Waals surface area contributed by atoms with E-state index in [1.165, 1.54) is 6.07 Å². The van der Waals surface area contributed by atoms with E-state index in [1.807, 2.05) is 0 Å². The average molecular weight is 267 g/mol. The van der Waals surface area contributed by atoms with Crippen molar-refractivity contribution >= 4 is 23.4 Å². The maximum atomic E-state index is 11.6. The normalized spacial score (nSPS) is 11.3. The quantitative estimate of drug-likeness (QED) is 0.387. The van der Waals surface area contributed by atoms with Gasteiger partial charge in [-0.05, 0) is 12.1 Å². The number of carbonyl (C=O) groups is 1. The predicted octanol–water partition coefficient (Wildman–Crippen LogP) is 1.20. The first kappa shape index (κ1) is 12.1. The minimum absolute atomic E-state index is 0.0296. The Hall–Kier alpha value is -2.41. The lowest BCUT2D eigenvalue weighted by Crippen LogP contribution is -2.17. The summed E-state index contributed by atoms with van der Waals surface area (Å²) < 4.78 is 4.46. The minimum atomic E-state index is -0.730. The van der Waals surface area contributed by atoms with Gasteiger partial charge in [-0.2, -0.15) is 4.98 Å². The number of rotatable bonds is 3. The lowest BCUT2D eigenvalue weighted by Gasteiger charge is -2.00. The third-order valence-electron chi connectivity index (χ3n) is 1.91. The smallest absolute Gasteiger partial charge is 0.367 e. The van der Waals surface area contributed by atoms with Gasteiger partial charge in [-0.15, -0.1) is 0 Å². The van der Waals surface area contributed by atoms with Gasteiger partial charge in [0, 0.05) is 0 Å². The lowest BCUT2D eigenvalue weighted by molar-refractivity contribution is 0.0516. The van der Waals surface area contributed by atoms with E-state index in [1.54, 1.807) is 18.2 Å². The second-order valence-corrected chi connectivity index (χ2v) is 3.50. The van der Waals surface area contributed by atoms with Crippen LogP contribution in [0.15, 0.2) is 40.3 Å². The van der Waals surface area contributed by atoms with Gasteiger partial charge in [0.25, 0.3) is 0 Å². The van der Waals surface area contributed by atoms with Gasteiger partial charge in [-0.1, -0.05) is 34.0 Å². The van der Waals surface area contributed by atoms with Crippen LogP contribution in [0.5, 0.6) is 0 Å². The van der Waals surface area contributed by atoms with Crippen LogP contribution in [0, 0.1) is 0 Å². The van der Waals surface area contributed by atoms with Gasteiger partial charge in [0.2, 0.25) is 18.1 Å². The molecule has 2 aromatic rings. The highest BCUT2D eigenvalue weighted by Crippen LogP contribution is 2.15. The van der Waals surface area contributed by atoms with Crippen molar-refractivity contribution in [2.24, 2.45) is 10.9 Å². The number of amidine groups is 1. The molecule has 0 aliphatic rings. The van der Waals surface area contributed by atoms with Crippen molar-refractivity contribution in [3.8, 4) is 0 Å². The highest BCUT2D eigenvalue weighted by atomic mass is 35.5. The molecule has 1 heterocycles. The third-order valence-corrected chi connectivity index (χ3v) is 2.24. The van der Waals surface area contributed by atoms with E-state index >= 15 is 0 Å². The van der Waals surface area contributed by atoms with Gasteiger partial charge in [0.1, 0.15) is 0 Å². The van der Waals surface area contributed by atoms with Crippen molar-refractivity contribution in [1.82, 2.24) is 10.1 Å². The summed E-state index contributed by atoms with van der Waals surface area (Å²) in [6.07, 6.45) is 1.08. The number of aromatic nitrogens is 2. The molecule has 1 aromatic carbocycles. The summed E-state index contributed by atoms with van der Waals surface area (Å²) in [5.74, 6) is -0.877. The zero-order valence-corrected chi connectivity index (χ0v) is 9.66. The van der Waals surface area contributed by atoms with Crippen LogP contribution in [-0.4, -0.2) is 21.9 Å². The molecule has 0 amide bonds. The van der Waals surface area contributed by atoms with Crippen molar-refractivity contribution in [1.29, 1.82) is 0 Å². The van der Waals surface area contributed by atoms with Gasteiger partial charge in [-0.25, -0.2) is 4.79 Å². The molecule has 0 saturated heterocycles. The first-order valence-electron chi connectivity index (χ1n) is 4.74. The molecule has 92 valence electrons. The zero-order valence-electron chi connectivity index (χ0n) is 8.91. The largest absolute Gasteiger partial charge is 0.378 e. The summed E-state index contributed by atoms with van der Waals surface area (Å²) in [7, 11) is 0. The predicted molar refractivity (Wildman–Crippen MR) is 61.9 cm³/mol. The van der Waals surface area contributed by atoms with Gasteiger partial charge in [-0.3, -0.25) is 0 Å². The van der Waals surface area contributed by atoms with E-state index in [2.05, 4.69) is 24.7 Å². The van der Waals surface area contributed by atoms with Crippen LogP contribution in [0.2, 0.25) is 5.02 Å². The molecule has 0 radical (unpaired) electrons. The Morgan fingerprint density at radius 2 is 2.22 bits per heavy atom. The van der Waals surface area contributed by atoms with E-state index in [-0.39, 0.29) is 22.2 Å². The fourth-order valence-corrected chi connectivity index (χ4v) is 1.30. The van der Waals surface area contributed by atoms with E-state index < -0.39 is 5.97 Å². The Balaban J connectivity index is 2.09. The highest BCUT2D eigenvalue weighted by molar-refractivity contribution is 6.33. The van der Waals surface area contributed by atoms with Gasteiger partial charge < -0.3 is 15.1 Å². The molecular formula is C10H7ClN4O3. The van der Waals surface area contributed by atoms with Crippen LogP contribution in [0.1, 0.15) is 16.2 Å². The van der Waals surface area contributed by atoms with E-state index in [9.17, 15) is 4.79 Å². The molecule has 0 aliphatic carbocycles. The van der Waals surface area contributed by atoms with Crippen molar-refractivity contribution in [3.63, 3.8) is 0 Å².